The molecule has 0 bridgehead atoms. The Morgan fingerprint density at radius 1 is 0.976 bits per heavy atom. The van der Waals surface area contributed by atoms with Crippen molar-refractivity contribution in [3.63, 3.8) is 0 Å². The Morgan fingerprint density at radius 3 is 2.21 bits per heavy atom. The highest BCUT2D eigenvalue weighted by molar-refractivity contribution is 9.10. The Hall–Kier alpha value is -2.88. The predicted molar refractivity (Wildman–Crippen MR) is 174 cm³/mol. The number of hydrogen-bond donors (Lipinski definition) is 1. The number of hydrogen-bond acceptors (Lipinski definition) is 4. The van der Waals surface area contributed by atoms with Crippen LogP contribution in [-0.4, -0.2) is 49.5 Å². The minimum absolute atomic E-state index is 0.0518. The smallest absolute Gasteiger partial charge is 0.243 e. The van der Waals surface area contributed by atoms with Crippen molar-refractivity contribution < 1.29 is 18.0 Å². The quantitative estimate of drug-likeness (QED) is 0.237. The summed E-state index contributed by atoms with van der Waals surface area (Å²) < 4.78 is 27.7. The van der Waals surface area contributed by atoms with Crippen molar-refractivity contribution in [1.82, 2.24) is 10.2 Å². The molecule has 0 aromatic heterocycles. The summed E-state index contributed by atoms with van der Waals surface area (Å²) in [5.41, 5.74) is 2.55. The van der Waals surface area contributed by atoms with Crippen LogP contribution in [-0.2, 0) is 32.6 Å². The largest absolute Gasteiger partial charge is 0.350 e. The molecule has 0 aliphatic carbocycles. The third-order valence-corrected chi connectivity index (χ3v) is 8.57. The summed E-state index contributed by atoms with van der Waals surface area (Å²) in [5.74, 6) is -0.483. The van der Waals surface area contributed by atoms with Crippen LogP contribution in [0.1, 0.15) is 50.3 Å². The molecule has 226 valence electrons. The van der Waals surface area contributed by atoms with Crippen LogP contribution in [0.5, 0.6) is 0 Å². The number of rotatable bonds is 12. The van der Waals surface area contributed by atoms with Crippen LogP contribution in [0, 0.1) is 6.92 Å². The highest BCUT2D eigenvalue weighted by Gasteiger charge is 2.32. The summed E-state index contributed by atoms with van der Waals surface area (Å²) in [6, 6.07) is 21.6. The Labute approximate surface area is 263 Å². The van der Waals surface area contributed by atoms with Gasteiger partial charge in [-0.05, 0) is 75.1 Å². The fourth-order valence-corrected chi connectivity index (χ4v) is 6.07. The molecule has 1 N–H and O–H groups in total. The van der Waals surface area contributed by atoms with E-state index in [2.05, 4.69) is 21.2 Å². The number of carbonyl (C=O) groups excluding carboxylic acids is 2. The molecule has 3 aromatic carbocycles. The van der Waals surface area contributed by atoms with Gasteiger partial charge in [0.25, 0.3) is 0 Å². The molecule has 42 heavy (non-hydrogen) atoms. The van der Waals surface area contributed by atoms with E-state index in [4.69, 9.17) is 11.6 Å². The fourth-order valence-electron chi connectivity index (χ4n) is 4.63. The lowest BCUT2D eigenvalue weighted by atomic mass is 10.00. The molecule has 7 nitrogen and oxygen atoms in total. The zero-order valence-electron chi connectivity index (χ0n) is 24.7. The lowest BCUT2D eigenvalue weighted by Crippen LogP contribution is -2.54. The summed E-state index contributed by atoms with van der Waals surface area (Å²) in [7, 11) is -3.64. The SMILES string of the molecule is Cc1ccc(Cl)cc1N(CCCC(=O)N(Cc1ccc(Br)cc1)C(Cc1ccccc1)C(=O)NC(C)(C)C)S(C)(=O)=O. The molecule has 1 atom stereocenters. The number of sulfonamides is 1. The molecular weight excluding hydrogens is 638 g/mol. The standard InChI is InChI=1S/C32H39BrClN3O4S/c1-23-13-18-27(34)21-28(23)37(42(5,40)41)19-9-12-30(38)36(22-25-14-16-26(33)17-15-25)29(31(39)35-32(2,3)4)20-24-10-7-6-8-11-24/h6-8,10-11,13-18,21,29H,9,12,19-20,22H2,1-5H3,(H,35,39). The number of anilines is 1. The molecule has 0 spiro atoms. The number of nitrogens with one attached hydrogen (secondary N) is 1. The van der Waals surface area contributed by atoms with Crippen LogP contribution in [0.3, 0.4) is 0 Å². The first kappa shape index (κ1) is 33.6. The molecule has 0 saturated heterocycles. The summed E-state index contributed by atoms with van der Waals surface area (Å²) in [5, 5.41) is 3.48. The van der Waals surface area contributed by atoms with E-state index in [0.717, 1.165) is 27.4 Å². The molecule has 10 heteroatoms. The lowest BCUT2D eigenvalue weighted by molar-refractivity contribution is -0.142. The first-order valence-corrected chi connectivity index (χ1v) is 16.8. The van der Waals surface area contributed by atoms with Crippen molar-refractivity contribution in [2.45, 2.75) is 65.1 Å². The van der Waals surface area contributed by atoms with Crippen molar-refractivity contribution in [2.24, 2.45) is 0 Å². The summed E-state index contributed by atoms with van der Waals surface area (Å²) >= 11 is 9.63. The number of benzene rings is 3. The molecular formula is C32H39BrClN3O4S. The van der Waals surface area contributed by atoms with Crippen molar-refractivity contribution in [1.29, 1.82) is 0 Å². The van der Waals surface area contributed by atoms with Gasteiger partial charge in [0.05, 0.1) is 11.9 Å². The van der Waals surface area contributed by atoms with Gasteiger partial charge in [-0.3, -0.25) is 13.9 Å². The van der Waals surface area contributed by atoms with Crippen molar-refractivity contribution in [3.8, 4) is 0 Å². The molecule has 0 radical (unpaired) electrons. The summed E-state index contributed by atoms with van der Waals surface area (Å²) in [4.78, 5) is 29.3. The summed E-state index contributed by atoms with van der Waals surface area (Å²) in [6.07, 6.45) is 1.79. The van der Waals surface area contributed by atoms with E-state index in [9.17, 15) is 18.0 Å². The van der Waals surface area contributed by atoms with Crippen molar-refractivity contribution >= 4 is 55.1 Å². The first-order chi connectivity index (χ1) is 19.6. The van der Waals surface area contributed by atoms with Gasteiger partial charge in [-0.1, -0.05) is 76.1 Å². The molecule has 3 rings (SSSR count). The van der Waals surface area contributed by atoms with Gasteiger partial charge < -0.3 is 10.2 Å². The maximum absolute atomic E-state index is 14.0. The Kier molecular flexibility index (Phi) is 11.6. The highest BCUT2D eigenvalue weighted by atomic mass is 79.9. The fraction of sp³-hybridized carbons (Fsp3) is 0.375. The van der Waals surface area contributed by atoms with Gasteiger partial charge in [-0.25, -0.2) is 8.42 Å². The molecule has 0 saturated carbocycles. The number of halogens is 2. The Morgan fingerprint density at radius 2 is 1.62 bits per heavy atom. The van der Waals surface area contributed by atoms with Gasteiger partial charge in [0.2, 0.25) is 21.8 Å². The molecule has 0 aliphatic heterocycles. The van der Waals surface area contributed by atoms with Gasteiger partial charge in [0.1, 0.15) is 6.04 Å². The average molecular weight is 677 g/mol. The summed E-state index contributed by atoms with van der Waals surface area (Å²) in [6.45, 7) is 7.85. The minimum atomic E-state index is -3.64. The second-order valence-corrected chi connectivity index (χ2v) is 14.7. The third kappa shape index (κ3) is 10.1. The number of aryl methyl sites for hydroxylation is 1. The van der Waals surface area contributed by atoms with Gasteiger partial charge in [-0.2, -0.15) is 0 Å². The Bertz CT molecular complexity index is 1480. The van der Waals surface area contributed by atoms with E-state index in [0.29, 0.717) is 17.1 Å². The third-order valence-electron chi connectivity index (χ3n) is 6.63. The maximum atomic E-state index is 14.0. The van der Waals surface area contributed by atoms with Crippen LogP contribution in [0.15, 0.2) is 77.3 Å². The van der Waals surface area contributed by atoms with Crippen LogP contribution in [0.2, 0.25) is 5.02 Å². The molecule has 3 aromatic rings. The molecule has 2 amide bonds. The van der Waals surface area contributed by atoms with E-state index in [1.165, 1.54) is 4.31 Å². The second kappa shape index (κ2) is 14.5. The number of nitrogens with zero attached hydrogens (tertiary/aromatic N) is 2. The Balaban J connectivity index is 1.92. The van der Waals surface area contributed by atoms with E-state index in [-0.39, 0.29) is 37.7 Å². The van der Waals surface area contributed by atoms with Crippen LogP contribution in [0.25, 0.3) is 0 Å². The van der Waals surface area contributed by atoms with E-state index in [1.54, 1.807) is 23.1 Å². The van der Waals surface area contributed by atoms with Crippen molar-refractivity contribution in [2.75, 3.05) is 17.1 Å². The highest BCUT2D eigenvalue weighted by Crippen LogP contribution is 2.27. The molecule has 0 aliphatic rings. The normalized spacial score (nSPS) is 12.5. The van der Waals surface area contributed by atoms with Crippen molar-refractivity contribution in [3.05, 3.63) is 99.0 Å². The molecule has 1 unspecified atom stereocenters. The molecule has 0 heterocycles. The van der Waals surface area contributed by atoms with E-state index >= 15 is 0 Å². The van der Waals surface area contributed by atoms with Gasteiger partial charge >= 0.3 is 0 Å². The van der Waals surface area contributed by atoms with Crippen LogP contribution >= 0.6 is 27.5 Å². The van der Waals surface area contributed by atoms with Crippen LogP contribution in [0.4, 0.5) is 5.69 Å². The van der Waals surface area contributed by atoms with Gasteiger partial charge in [0.15, 0.2) is 0 Å². The molecule has 0 fully saturated rings. The number of carbonyl (C=O) groups is 2. The van der Waals surface area contributed by atoms with E-state index < -0.39 is 21.6 Å². The van der Waals surface area contributed by atoms with E-state index in [1.807, 2.05) is 82.3 Å². The second-order valence-electron chi connectivity index (χ2n) is 11.5. The average Bonchev–Trinajstić information content (AvgIpc) is 2.90. The zero-order valence-corrected chi connectivity index (χ0v) is 27.9. The van der Waals surface area contributed by atoms with Crippen LogP contribution < -0.4 is 9.62 Å². The minimum Gasteiger partial charge on any atom is -0.350 e. The maximum Gasteiger partial charge on any atom is 0.243 e. The predicted octanol–water partition coefficient (Wildman–Crippen LogP) is 6.51. The van der Waals surface area contributed by atoms with Gasteiger partial charge in [0, 0.05) is 41.0 Å². The van der Waals surface area contributed by atoms with Gasteiger partial charge in [-0.15, -0.1) is 0 Å². The topological polar surface area (TPSA) is 86.8 Å². The number of amides is 2. The lowest BCUT2D eigenvalue weighted by Gasteiger charge is -2.34. The first-order valence-electron chi connectivity index (χ1n) is 13.8. The zero-order chi connectivity index (χ0) is 31.1. The monoisotopic (exact) mass is 675 g/mol.